The highest BCUT2D eigenvalue weighted by atomic mass is 79.9. The van der Waals surface area contributed by atoms with E-state index in [0.717, 1.165) is 14.3 Å². The van der Waals surface area contributed by atoms with Crippen LogP contribution in [-0.4, -0.2) is 43.3 Å². The van der Waals surface area contributed by atoms with Gasteiger partial charge in [-0.05, 0) is 87.9 Å². The first-order valence-corrected chi connectivity index (χ1v) is 15.1. The maximum absolute atomic E-state index is 13.9. The Morgan fingerprint density at radius 2 is 1.59 bits per heavy atom. The third kappa shape index (κ3) is 8.45. The largest absolute Gasteiger partial charge is 0.350 e. The van der Waals surface area contributed by atoms with Gasteiger partial charge in [0.2, 0.25) is 11.8 Å². The smallest absolute Gasteiger partial charge is 0.264 e. The number of rotatable bonds is 9. The quantitative estimate of drug-likeness (QED) is 0.294. The van der Waals surface area contributed by atoms with E-state index in [4.69, 9.17) is 23.2 Å². The first-order valence-electron chi connectivity index (χ1n) is 12.1. The number of amides is 2. The van der Waals surface area contributed by atoms with Crippen molar-refractivity contribution in [2.75, 3.05) is 10.8 Å². The van der Waals surface area contributed by atoms with Gasteiger partial charge in [0, 0.05) is 26.6 Å². The van der Waals surface area contributed by atoms with Crippen molar-refractivity contribution in [2.45, 2.75) is 50.7 Å². The molecule has 2 amide bonds. The summed E-state index contributed by atoms with van der Waals surface area (Å²) in [5.41, 5.74) is 0.448. The van der Waals surface area contributed by atoms with Crippen molar-refractivity contribution in [2.24, 2.45) is 0 Å². The van der Waals surface area contributed by atoms with Crippen LogP contribution in [0.1, 0.15) is 33.3 Å². The molecule has 0 aliphatic carbocycles. The average molecular weight is 655 g/mol. The van der Waals surface area contributed by atoms with E-state index in [2.05, 4.69) is 21.2 Å². The minimum Gasteiger partial charge on any atom is -0.350 e. The molecular formula is C28H30BrCl2N3O4S. The summed E-state index contributed by atoms with van der Waals surface area (Å²) >= 11 is 15.6. The first-order chi connectivity index (χ1) is 18.2. The lowest BCUT2D eigenvalue weighted by atomic mass is 10.1. The Labute approximate surface area is 248 Å². The second-order valence-electron chi connectivity index (χ2n) is 10.0. The van der Waals surface area contributed by atoms with Crippen molar-refractivity contribution in [1.82, 2.24) is 10.2 Å². The number of carbonyl (C=O) groups excluding carboxylic acids is 2. The van der Waals surface area contributed by atoms with Crippen LogP contribution in [0, 0.1) is 0 Å². The van der Waals surface area contributed by atoms with Crippen LogP contribution in [0.5, 0.6) is 0 Å². The van der Waals surface area contributed by atoms with Gasteiger partial charge in [-0.25, -0.2) is 8.42 Å². The predicted molar refractivity (Wildman–Crippen MR) is 159 cm³/mol. The van der Waals surface area contributed by atoms with E-state index in [1.807, 2.05) is 45.0 Å². The Balaban J connectivity index is 2.04. The van der Waals surface area contributed by atoms with E-state index in [9.17, 15) is 18.0 Å². The number of anilines is 1. The van der Waals surface area contributed by atoms with E-state index >= 15 is 0 Å². The van der Waals surface area contributed by atoms with Crippen molar-refractivity contribution in [3.63, 3.8) is 0 Å². The fourth-order valence-electron chi connectivity index (χ4n) is 3.78. The van der Waals surface area contributed by atoms with Gasteiger partial charge in [-0.2, -0.15) is 0 Å². The Hall–Kier alpha value is -2.59. The Kier molecular flexibility index (Phi) is 10.1. The lowest BCUT2D eigenvalue weighted by Gasteiger charge is -2.33. The number of hydrogen-bond acceptors (Lipinski definition) is 4. The van der Waals surface area contributed by atoms with Crippen molar-refractivity contribution < 1.29 is 18.0 Å². The minimum absolute atomic E-state index is 0.0447. The van der Waals surface area contributed by atoms with Gasteiger partial charge in [-0.3, -0.25) is 13.9 Å². The van der Waals surface area contributed by atoms with Crippen LogP contribution in [0.4, 0.5) is 5.69 Å². The van der Waals surface area contributed by atoms with Crippen LogP contribution in [0.25, 0.3) is 0 Å². The molecule has 0 saturated carbocycles. The van der Waals surface area contributed by atoms with Gasteiger partial charge in [0.25, 0.3) is 10.0 Å². The molecule has 208 valence electrons. The molecule has 39 heavy (non-hydrogen) atoms. The van der Waals surface area contributed by atoms with Gasteiger partial charge < -0.3 is 10.2 Å². The van der Waals surface area contributed by atoms with Gasteiger partial charge in [0.05, 0.1) is 10.6 Å². The summed E-state index contributed by atoms with van der Waals surface area (Å²) in [7, 11) is -4.21. The van der Waals surface area contributed by atoms with E-state index in [-0.39, 0.29) is 23.0 Å². The number of hydrogen-bond donors (Lipinski definition) is 1. The highest BCUT2D eigenvalue weighted by Crippen LogP contribution is 2.27. The van der Waals surface area contributed by atoms with Crippen LogP contribution in [0.2, 0.25) is 10.0 Å². The fraction of sp³-hybridized carbons (Fsp3) is 0.286. The van der Waals surface area contributed by atoms with E-state index in [0.29, 0.717) is 10.0 Å². The second kappa shape index (κ2) is 12.7. The van der Waals surface area contributed by atoms with E-state index < -0.39 is 34.1 Å². The summed E-state index contributed by atoms with van der Waals surface area (Å²) in [4.78, 5) is 28.4. The summed E-state index contributed by atoms with van der Waals surface area (Å²) in [6.45, 7) is 6.68. The summed E-state index contributed by atoms with van der Waals surface area (Å²) in [5, 5.41) is 3.58. The van der Waals surface area contributed by atoms with Crippen LogP contribution < -0.4 is 9.62 Å². The Morgan fingerprint density at radius 1 is 0.949 bits per heavy atom. The van der Waals surface area contributed by atoms with Crippen LogP contribution in [0.3, 0.4) is 0 Å². The second-order valence-corrected chi connectivity index (χ2v) is 13.7. The molecule has 0 radical (unpaired) electrons. The minimum atomic E-state index is -4.21. The summed E-state index contributed by atoms with van der Waals surface area (Å²) < 4.78 is 29.4. The Morgan fingerprint density at radius 3 is 2.18 bits per heavy atom. The summed E-state index contributed by atoms with van der Waals surface area (Å²) in [5.74, 6) is -0.926. The summed E-state index contributed by atoms with van der Waals surface area (Å²) in [6.07, 6.45) is 0. The SMILES string of the molecule is C[C@@H](C(=O)NC(C)(C)C)N(Cc1cccc(Br)c1)C(=O)CN(c1cccc(Cl)c1)S(=O)(=O)c1ccc(Cl)cc1. The van der Waals surface area contributed by atoms with Gasteiger partial charge >= 0.3 is 0 Å². The maximum atomic E-state index is 13.9. The third-order valence-corrected chi connectivity index (χ3v) is 8.45. The molecular weight excluding hydrogens is 625 g/mol. The molecule has 0 spiro atoms. The molecule has 0 fully saturated rings. The fourth-order valence-corrected chi connectivity index (χ4v) is 5.95. The molecule has 11 heteroatoms. The molecule has 0 unspecified atom stereocenters. The topological polar surface area (TPSA) is 86.8 Å². The van der Waals surface area contributed by atoms with Gasteiger partial charge in [-0.15, -0.1) is 0 Å². The van der Waals surface area contributed by atoms with Crippen LogP contribution in [-0.2, 0) is 26.2 Å². The van der Waals surface area contributed by atoms with Crippen molar-refractivity contribution in [3.05, 3.63) is 92.9 Å². The lowest BCUT2D eigenvalue weighted by molar-refractivity contribution is -0.140. The average Bonchev–Trinajstić information content (AvgIpc) is 2.84. The number of nitrogens with zero attached hydrogens (tertiary/aromatic N) is 2. The molecule has 0 aromatic heterocycles. The number of carbonyl (C=O) groups is 2. The van der Waals surface area contributed by atoms with Gasteiger partial charge in [0.15, 0.2) is 0 Å². The van der Waals surface area contributed by atoms with E-state index in [1.165, 1.54) is 35.2 Å². The number of halogens is 3. The van der Waals surface area contributed by atoms with Crippen LogP contribution in [0.15, 0.2) is 82.2 Å². The van der Waals surface area contributed by atoms with Gasteiger partial charge in [0.1, 0.15) is 12.6 Å². The van der Waals surface area contributed by atoms with Crippen molar-refractivity contribution >= 4 is 66.7 Å². The van der Waals surface area contributed by atoms with Crippen molar-refractivity contribution in [3.8, 4) is 0 Å². The molecule has 3 rings (SSSR count). The zero-order valence-electron chi connectivity index (χ0n) is 22.0. The Bertz CT molecular complexity index is 1440. The first kappa shape index (κ1) is 30.9. The highest BCUT2D eigenvalue weighted by molar-refractivity contribution is 9.10. The monoisotopic (exact) mass is 653 g/mol. The summed E-state index contributed by atoms with van der Waals surface area (Å²) in [6, 6.07) is 18.4. The normalized spacial score (nSPS) is 12.5. The molecule has 0 saturated heterocycles. The molecule has 0 aliphatic heterocycles. The van der Waals surface area contributed by atoms with E-state index in [1.54, 1.807) is 25.1 Å². The number of benzene rings is 3. The predicted octanol–water partition coefficient (Wildman–Crippen LogP) is 6.28. The van der Waals surface area contributed by atoms with Gasteiger partial charge in [-0.1, -0.05) is 57.3 Å². The molecule has 3 aromatic carbocycles. The zero-order chi connectivity index (χ0) is 29.0. The third-order valence-electron chi connectivity index (χ3n) is 5.68. The molecule has 0 aliphatic rings. The molecule has 7 nitrogen and oxygen atoms in total. The molecule has 0 heterocycles. The highest BCUT2D eigenvalue weighted by Gasteiger charge is 2.33. The lowest BCUT2D eigenvalue weighted by Crippen LogP contribution is -2.54. The molecule has 0 bridgehead atoms. The number of sulfonamides is 1. The molecule has 1 atom stereocenters. The molecule has 1 N–H and O–H groups in total. The van der Waals surface area contributed by atoms with Crippen molar-refractivity contribution in [1.29, 1.82) is 0 Å². The zero-order valence-corrected chi connectivity index (χ0v) is 25.9. The maximum Gasteiger partial charge on any atom is 0.264 e. The standard InChI is InChI=1S/C28H30BrCl2N3O4S/c1-19(27(36)32-28(2,3)4)33(17-20-7-5-8-21(29)15-20)26(35)18-34(24-10-6-9-23(31)16-24)39(37,38)25-13-11-22(30)12-14-25/h5-16,19H,17-18H2,1-4H3,(H,32,36)/t19-/m0/s1. The number of nitrogens with one attached hydrogen (secondary N) is 1. The molecule has 3 aromatic rings. The van der Waals surface area contributed by atoms with Crippen LogP contribution >= 0.6 is 39.1 Å².